The van der Waals surface area contributed by atoms with Gasteiger partial charge in [0, 0.05) is 0 Å². The molecule has 7 heteroatoms. The Bertz CT molecular complexity index is 219. The van der Waals surface area contributed by atoms with Crippen molar-refractivity contribution in [1.82, 2.24) is 0 Å². The molecule has 0 aliphatic heterocycles. The Hall–Kier alpha value is -0.300. The Balaban J connectivity index is 4.06. The minimum absolute atomic E-state index is 0.210. The van der Waals surface area contributed by atoms with Gasteiger partial charge in [0.2, 0.25) is 0 Å². The summed E-state index contributed by atoms with van der Waals surface area (Å²) in [5.41, 5.74) is 0. The summed E-state index contributed by atoms with van der Waals surface area (Å²) in [6, 6.07) is 0. The molecule has 0 spiro atoms. The van der Waals surface area contributed by atoms with Crippen molar-refractivity contribution < 1.29 is 25.8 Å². The van der Waals surface area contributed by atoms with Crippen molar-refractivity contribution in [3.8, 4) is 0 Å². The molecular weight excluding hydrogens is 197 g/mol. The number of hydrogen-bond donors (Lipinski definition) is 0. The number of halogens is 3. The van der Waals surface area contributed by atoms with E-state index in [-0.39, 0.29) is 6.61 Å². The summed E-state index contributed by atoms with van der Waals surface area (Å²) in [6.45, 7) is 1.39. The van der Waals surface area contributed by atoms with Crippen molar-refractivity contribution in [2.45, 2.75) is 19.5 Å². The van der Waals surface area contributed by atoms with Crippen LogP contribution in [0, 0.1) is 0 Å². The molecule has 0 saturated heterocycles. The highest BCUT2D eigenvalue weighted by molar-refractivity contribution is 7.86. The van der Waals surface area contributed by atoms with Crippen molar-refractivity contribution in [1.29, 1.82) is 0 Å². The van der Waals surface area contributed by atoms with Crippen LogP contribution in [-0.4, -0.2) is 27.0 Å². The minimum Gasteiger partial charge on any atom is -0.270 e. The van der Waals surface area contributed by atoms with E-state index >= 15 is 0 Å². The Labute approximate surface area is 68.6 Å². The first-order valence-electron chi connectivity index (χ1n) is 3.20. The van der Waals surface area contributed by atoms with Gasteiger partial charge in [-0.15, -0.1) is 0 Å². The molecule has 0 aliphatic carbocycles. The smallest absolute Gasteiger partial charge is 0.270 e. The van der Waals surface area contributed by atoms with Crippen LogP contribution in [0.5, 0.6) is 0 Å². The predicted octanol–water partition coefficient (Wildman–Crippen LogP) is 1.31. The van der Waals surface area contributed by atoms with Crippen LogP contribution >= 0.6 is 0 Å². The maximum absolute atomic E-state index is 11.5. The van der Waals surface area contributed by atoms with Crippen LogP contribution in [-0.2, 0) is 14.3 Å². The first-order chi connectivity index (χ1) is 5.27. The zero-order valence-electron chi connectivity index (χ0n) is 6.39. The van der Waals surface area contributed by atoms with Crippen LogP contribution in [0.15, 0.2) is 0 Å². The third-order valence-corrected chi connectivity index (χ3v) is 2.01. The van der Waals surface area contributed by atoms with Crippen molar-refractivity contribution in [2.24, 2.45) is 0 Å². The number of rotatable bonds is 4. The second-order valence-corrected chi connectivity index (χ2v) is 3.78. The zero-order chi connectivity index (χ0) is 9.83. The normalized spacial score (nSPS) is 13.3. The Morgan fingerprint density at radius 2 is 1.83 bits per heavy atom. The lowest BCUT2D eigenvalue weighted by atomic mass is 10.5. The molecule has 0 fully saturated rings. The molecule has 0 bridgehead atoms. The molecule has 0 aliphatic rings. The van der Waals surface area contributed by atoms with Gasteiger partial charge >= 0.3 is 6.18 Å². The van der Waals surface area contributed by atoms with Crippen molar-refractivity contribution in [2.75, 3.05) is 12.4 Å². The number of hydrogen-bond acceptors (Lipinski definition) is 3. The molecule has 74 valence electrons. The molecule has 0 unspecified atom stereocenters. The summed E-state index contributed by atoms with van der Waals surface area (Å²) in [4.78, 5) is 0. The summed E-state index contributed by atoms with van der Waals surface area (Å²) in [5.74, 6) is -1.92. The Morgan fingerprint density at radius 1 is 1.33 bits per heavy atom. The van der Waals surface area contributed by atoms with Gasteiger partial charge in [-0.05, 0) is 6.42 Å². The van der Waals surface area contributed by atoms with E-state index in [1.54, 1.807) is 6.92 Å². The summed E-state index contributed by atoms with van der Waals surface area (Å²) >= 11 is 0. The molecule has 0 atom stereocenters. The van der Waals surface area contributed by atoms with Crippen molar-refractivity contribution in [3.63, 3.8) is 0 Å². The van der Waals surface area contributed by atoms with Crippen LogP contribution in [0.4, 0.5) is 13.2 Å². The third-order valence-electron chi connectivity index (χ3n) is 0.807. The molecule has 3 nitrogen and oxygen atoms in total. The molecule has 0 aromatic carbocycles. The van der Waals surface area contributed by atoms with E-state index in [0.29, 0.717) is 6.42 Å². The third kappa shape index (κ3) is 6.41. The maximum Gasteiger partial charge on any atom is 0.405 e. The first kappa shape index (κ1) is 11.7. The molecule has 0 aromatic heterocycles. The van der Waals surface area contributed by atoms with E-state index in [2.05, 4.69) is 4.18 Å². The fraction of sp³-hybridized carbons (Fsp3) is 1.00. The van der Waals surface area contributed by atoms with Gasteiger partial charge in [0.25, 0.3) is 10.1 Å². The number of alkyl halides is 3. The lowest BCUT2D eigenvalue weighted by Crippen LogP contribution is -2.24. The van der Waals surface area contributed by atoms with Crippen LogP contribution in [0.2, 0.25) is 0 Å². The summed E-state index contributed by atoms with van der Waals surface area (Å²) in [5, 5.41) is 0. The highest BCUT2D eigenvalue weighted by atomic mass is 32.2. The van der Waals surface area contributed by atoms with Crippen LogP contribution < -0.4 is 0 Å². The van der Waals surface area contributed by atoms with Gasteiger partial charge in [-0.3, -0.25) is 4.18 Å². The Morgan fingerprint density at radius 3 is 2.17 bits per heavy atom. The predicted molar refractivity (Wildman–Crippen MR) is 36.1 cm³/mol. The van der Waals surface area contributed by atoms with Crippen LogP contribution in [0.3, 0.4) is 0 Å². The molecule has 0 amide bonds. The second kappa shape index (κ2) is 4.08. The highest BCUT2D eigenvalue weighted by Gasteiger charge is 2.35. The Kier molecular flexibility index (Phi) is 3.98. The molecule has 0 rings (SSSR count). The summed E-state index contributed by atoms with van der Waals surface area (Å²) in [7, 11) is -4.43. The van der Waals surface area contributed by atoms with Gasteiger partial charge < -0.3 is 0 Å². The van der Waals surface area contributed by atoms with Gasteiger partial charge in [0.05, 0.1) is 6.61 Å². The molecule has 0 heterocycles. The van der Waals surface area contributed by atoms with Gasteiger partial charge in [-0.25, -0.2) is 0 Å². The molecule has 0 aromatic rings. The maximum atomic E-state index is 11.5. The van der Waals surface area contributed by atoms with Gasteiger partial charge in [-0.2, -0.15) is 21.6 Å². The molecule has 0 N–H and O–H groups in total. The van der Waals surface area contributed by atoms with E-state index in [1.165, 1.54) is 0 Å². The molecule has 12 heavy (non-hydrogen) atoms. The van der Waals surface area contributed by atoms with E-state index in [1.807, 2.05) is 0 Å². The van der Waals surface area contributed by atoms with E-state index < -0.39 is 22.0 Å². The largest absolute Gasteiger partial charge is 0.405 e. The fourth-order valence-electron chi connectivity index (χ4n) is 0.452. The van der Waals surface area contributed by atoms with Gasteiger partial charge in [-0.1, -0.05) is 6.92 Å². The lowest BCUT2D eigenvalue weighted by molar-refractivity contribution is -0.107. The molecule has 0 saturated carbocycles. The van der Waals surface area contributed by atoms with E-state index in [4.69, 9.17) is 0 Å². The molecular formula is C5H9F3O3S. The van der Waals surface area contributed by atoms with Crippen LogP contribution in [0.25, 0.3) is 0 Å². The topological polar surface area (TPSA) is 43.4 Å². The van der Waals surface area contributed by atoms with Gasteiger partial charge in [0.1, 0.15) is 0 Å². The van der Waals surface area contributed by atoms with Crippen molar-refractivity contribution in [3.05, 3.63) is 0 Å². The van der Waals surface area contributed by atoms with Crippen LogP contribution in [0.1, 0.15) is 13.3 Å². The average Bonchev–Trinajstić information content (AvgIpc) is 1.78. The summed E-state index contributed by atoms with van der Waals surface area (Å²) < 4.78 is 59.5. The summed E-state index contributed by atoms with van der Waals surface area (Å²) in [6.07, 6.45) is -4.37. The first-order valence-corrected chi connectivity index (χ1v) is 4.78. The van der Waals surface area contributed by atoms with E-state index in [0.717, 1.165) is 0 Å². The minimum atomic E-state index is -4.73. The zero-order valence-corrected chi connectivity index (χ0v) is 7.20. The van der Waals surface area contributed by atoms with Crippen molar-refractivity contribution >= 4 is 10.1 Å². The molecule has 0 radical (unpaired) electrons. The van der Waals surface area contributed by atoms with E-state index in [9.17, 15) is 21.6 Å². The average molecular weight is 206 g/mol. The quantitative estimate of drug-likeness (QED) is 0.651. The lowest BCUT2D eigenvalue weighted by Gasteiger charge is -2.06. The standard InChI is InChI=1S/C5H9F3O3S/c1-2-3-11-12(9,10)4-5(6,7)8/h2-4H2,1H3. The SMILES string of the molecule is CCCOS(=O)(=O)CC(F)(F)F. The fourth-order valence-corrected chi connectivity index (χ4v) is 1.36. The monoisotopic (exact) mass is 206 g/mol. The van der Waals surface area contributed by atoms with Gasteiger partial charge in [0.15, 0.2) is 5.75 Å². The highest BCUT2D eigenvalue weighted by Crippen LogP contribution is 2.17. The second-order valence-electron chi connectivity index (χ2n) is 2.14.